The maximum Gasteiger partial charge on any atom is 0.110 e. The van der Waals surface area contributed by atoms with Crippen LogP contribution in [-0.4, -0.2) is 9.55 Å². The van der Waals surface area contributed by atoms with Crippen LogP contribution in [0.25, 0.3) is 0 Å². The number of hydrogen-bond donors (Lipinski definition) is 1. The van der Waals surface area contributed by atoms with Crippen molar-refractivity contribution in [1.29, 1.82) is 0 Å². The fourth-order valence-electron chi connectivity index (χ4n) is 2.16. The van der Waals surface area contributed by atoms with Crippen LogP contribution < -0.4 is 5.73 Å². The van der Waals surface area contributed by atoms with Crippen molar-refractivity contribution in [1.82, 2.24) is 9.55 Å². The van der Waals surface area contributed by atoms with Gasteiger partial charge in [-0.3, -0.25) is 0 Å². The molecule has 2 rings (SSSR count). The Bertz CT molecular complexity index is 509. The molecule has 0 bridgehead atoms. The number of hydrogen-bond acceptors (Lipinski definition) is 2. The predicted octanol–water partition coefficient (Wildman–Crippen LogP) is 2.63. The van der Waals surface area contributed by atoms with E-state index < -0.39 is 0 Å². The van der Waals surface area contributed by atoms with Gasteiger partial charge in [0.1, 0.15) is 5.82 Å². The number of imidazole rings is 1. The normalized spacial score (nSPS) is 14.4. The maximum absolute atomic E-state index is 6.45. The second-order valence-corrected chi connectivity index (χ2v) is 5.09. The summed E-state index contributed by atoms with van der Waals surface area (Å²) in [6.45, 7) is 7.19. The minimum atomic E-state index is -0.383. The van der Waals surface area contributed by atoms with Gasteiger partial charge in [-0.05, 0) is 26.3 Å². The van der Waals surface area contributed by atoms with Crippen LogP contribution >= 0.6 is 0 Å². The molecule has 2 N–H and O–H groups in total. The number of aromatic nitrogens is 2. The van der Waals surface area contributed by atoms with Crippen LogP contribution in [0.2, 0.25) is 0 Å². The molecule has 0 radical (unpaired) electrons. The highest BCUT2D eigenvalue weighted by Gasteiger charge is 2.23. The van der Waals surface area contributed by atoms with Crippen LogP contribution in [0.15, 0.2) is 36.7 Å². The molecule has 18 heavy (non-hydrogen) atoms. The summed E-state index contributed by atoms with van der Waals surface area (Å²) >= 11 is 0. The molecule has 0 saturated heterocycles. The van der Waals surface area contributed by atoms with Gasteiger partial charge in [0.15, 0.2) is 0 Å². The van der Waals surface area contributed by atoms with E-state index in [4.69, 9.17) is 5.73 Å². The first-order valence-electron chi connectivity index (χ1n) is 6.39. The van der Waals surface area contributed by atoms with Crippen molar-refractivity contribution < 1.29 is 0 Å². The Morgan fingerprint density at radius 2 is 1.94 bits per heavy atom. The summed E-state index contributed by atoms with van der Waals surface area (Å²) in [5.41, 5.74) is 8.47. The van der Waals surface area contributed by atoms with E-state index in [1.54, 1.807) is 0 Å². The Hall–Kier alpha value is -1.61. The topological polar surface area (TPSA) is 43.8 Å². The van der Waals surface area contributed by atoms with Crippen molar-refractivity contribution in [2.24, 2.45) is 5.73 Å². The van der Waals surface area contributed by atoms with Gasteiger partial charge in [0.05, 0.1) is 0 Å². The quantitative estimate of drug-likeness (QED) is 0.897. The minimum Gasteiger partial charge on any atom is -0.335 e. The molecule has 1 atom stereocenters. The third kappa shape index (κ3) is 2.62. The lowest BCUT2D eigenvalue weighted by Gasteiger charge is -2.25. The maximum atomic E-state index is 6.45. The van der Waals surface area contributed by atoms with Crippen LogP contribution in [-0.2, 0) is 18.5 Å². The van der Waals surface area contributed by atoms with Crippen molar-refractivity contribution >= 4 is 0 Å². The Kier molecular flexibility index (Phi) is 3.53. The summed E-state index contributed by atoms with van der Waals surface area (Å²) in [6.07, 6.45) is 4.58. The Morgan fingerprint density at radius 3 is 2.56 bits per heavy atom. The fourth-order valence-corrected chi connectivity index (χ4v) is 2.16. The molecule has 1 heterocycles. The van der Waals surface area contributed by atoms with Gasteiger partial charge < -0.3 is 10.3 Å². The zero-order chi connectivity index (χ0) is 13.2. The average Bonchev–Trinajstić information content (AvgIpc) is 2.76. The van der Waals surface area contributed by atoms with E-state index in [0.29, 0.717) is 0 Å². The lowest BCUT2D eigenvalue weighted by molar-refractivity contribution is 0.465. The highest BCUT2D eigenvalue weighted by molar-refractivity contribution is 5.28. The third-order valence-electron chi connectivity index (χ3n) is 3.38. The molecule has 0 amide bonds. The predicted molar refractivity (Wildman–Crippen MR) is 74.3 cm³/mol. The molecule has 0 aliphatic carbocycles. The van der Waals surface area contributed by atoms with E-state index in [2.05, 4.69) is 54.6 Å². The molecule has 96 valence electrons. The Labute approximate surface area is 109 Å². The molecular weight excluding hydrogens is 222 g/mol. The van der Waals surface area contributed by atoms with Gasteiger partial charge in [0.25, 0.3) is 0 Å². The SMILES string of the molecule is CCn1ccnc1CC(C)(N)c1ccc(C)cc1. The molecule has 3 nitrogen and oxygen atoms in total. The molecule has 0 fully saturated rings. The van der Waals surface area contributed by atoms with E-state index in [1.807, 2.05) is 12.4 Å². The molecule has 0 aliphatic heterocycles. The summed E-state index contributed by atoms with van der Waals surface area (Å²) in [5.74, 6) is 1.04. The van der Waals surface area contributed by atoms with E-state index in [9.17, 15) is 0 Å². The van der Waals surface area contributed by atoms with Gasteiger partial charge in [-0.2, -0.15) is 0 Å². The average molecular weight is 243 g/mol. The van der Waals surface area contributed by atoms with Crippen LogP contribution in [0.4, 0.5) is 0 Å². The smallest absolute Gasteiger partial charge is 0.110 e. The highest BCUT2D eigenvalue weighted by Crippen LogP contribution is 2.22. The number of benzene rings is 1. The van der Waals surface area contributed by atoms with E-state index in [-0.39, 0.29) is 5.54 Å². The molecule has 0 saturated carbocycles. The van der Waals surface area contributed by atoms with Gasteiger partial charge in [-0.15, -0.1) is 0 Å². The highest BCUT2D eigenvalue weighted by atomic mass is 15.1. The van der Waals surface area contributed by atoms with Crippen molar-refractivity contribution in [2.45, 2.75) is 39.3 Å². The summed E-state index contributed by atoms with van der Waals surface area (Å²) in [6, 6.07) is 8.42. The molecule has 1 aromatic carbocycles. The molecule has 2 aromatic rings. The Morgan fingerprint density at radius 1 is 1.28 bits per heavy atom. The van der Waals surface area contributed by atoms with Gasteiger partial charge in [0.2, 0.25) is 0 Å². The Balaban J connectivity index is 2.23. The number of aryl methyl sites for hydroxylation is 2. The van der Waals surface area contributed by atoms with E-state index in [1.165, 1.54) is 5.56 Å². The van der Waals surface area contributed by atoms with Gasteiger partial charge in [-0.1, -0.05) is 29.8 Å². The van der Waals surface area contributed by atoms with Crippen molar-refractivity contribution in [3.63, 3.8) is 0 Å². The first-order chi connectivity index (χ1) is 8.53. The molecule has 0 spiro atoms. The number of nitrogens with two attached hydrogens (primary N) is 1. The third-order valence-corrected chi connectivity index (χ3v) is 3.38. The lowest BCUT2D eigenvalue weighted by Crippen LogP contribution is -2.36. The lowest BCUT2D eigenvalue weighted by atomic mass is 9.89. The number of nitrogens with zero attached hydrogens (tertiary/aromatic N) is 2. The zero-order valence-electron chi connectivity index (χ0n) is 11.4. The molecule has 1 aromatic heterocycles. The summed E-state index contributed by atoms with van der Waals surface area (Å²) in [7, 11) is 0. The fraction of sp³-hybridized carbons (Fsp3) is 0.400. The second kappa shape index (κ2) is 4.94. The molecule has 1 unspecified atom stereocenters. The van der Waals surface area contributed by atoms with Crippen molar-refractivity contribution in [3.8, 4) is 0 Å². The van der Waals surface area contributed by atoms with Crippen LogP contribution in [0.1, 0.15) is 30.8 Å². The van der Waals surface area contributed by atoms with Crippen molar-refractivity contribution in [2.75, 3.05) is 0 Å². The minimum absolute atomic E-state index is 0.383. The van der Waals surface area contributed by atoms with Crippen LogP contribution in [0, 0.1) is 6.92 Å². The number of rotatable bonds is 4. The van der Waals surface area contributed by atoms with Gasteiger partial charge in [-0.25, -0.2) is 4.98 Å². The molecule has 3 heteroatoms. The van der Waals surface area contributed by atoms with Crippen molar-refractivity contribution in [3.05, 3.63) is 53.6 Å². The molecule has 0 aliphatic rings. The summed E-state index contributed by atoms with van der Waals surface area (Å²) in [5, 5.41) is 0. The summed E-state index contributed by atoms with van der Waals surface area (Å²) in [4.78, 5) is 4.40. The second-order valence-electron chi connectivity index (χ2n) is 5.09. The van der Waals surface area contributed by atoms with Gasteiger partial charge in [0, 0.05) is 30.9 Å². The van der Waals surface area contributed by atoms with Crippen LogP contribution in [0.3, 0.4) is 0 Å². The molecular formula is C15H21N3. The standard InChI is InChI=1S/C15H21N3/c1-4-18-10-9-17-14(18)11-15(3,16)13-7-5-12(2)6-8-13/h5-10H,4,11,16H2,1-3H3. The van der Waals surface area contributed by atoms with E-state index in [0.717, 1.165) is 24.4 Å². The first-order valence-corrected chi connectivity index (χ1v) is 6.39. The van der Waals surface area contributed by atoms with E-state index >= 15 is 0 Å². The largest absolute Gasteiger partial charge is 0.335 e. The van der Waals surface area contributed by atoms with Gasteiger partial charge >= 0.3 is 0 Å². The summed E-state index contributed by atoms with van der Waals surface area (Å²) < 4.78 is 2.14. The monoisotopic (exact) mass is 243 g/mol. The van der Waals surface area contributed by atoms with Crippen LogP contribution in [0.5, 0.6) is 0 Å². The zero-order valence-corrected chi connectivity index (χ0v) is 11.4. The first kappa shape index (κ1) is 12.8.